The molecule has 3 rings (SSSR count). The minimum absolute atomic E-state index is 0.209. The molecule has 6 nitrogen and oxygen atoms in total. The zero-order valence-corrected chi connectivity index (χ0v) is 16.9. The summed E-state index contributed by atoms with van der Waals surface area (Å²) in [6.45, 7) is 2.26. The lowest BCUT2D eigenvalue weighted by atomic mass is 10.2. The largest absolute Gasteiger partial charge is 0.325 e. The lowest BCUT2D eigenvalue weighted by Crippen LogP contribution is -2.51. The number of hydrogen-bond acceptors (Lipinski definition) is 3. The summed E-state index contributed by atoms with van der Waals surface area (Å²) in [5, 5.41) is 3.17. The van der Waals surface area contributed by atoms with Crippen LogP contribution in [0.3, 0.4) is 0 Å². The first kappa shape index (κ1) is 20.7. The second-order valence-electron chi connectivity index (χ2n) is 6.66. The molecule has 1 heterocycles. The van der Waals surface area contributed by atoms with Gasteiger partial charge in [-0.3, -0.25) is 4.79 Å². The van der Waals surface area contributed by atoms with Crippen molar-refractivity contribution in [3.63, 3.8) is 0 Å². The third kappa shape index (κ3) is 4.88. The Hall–Kier alpha value is -2.00. The molecule has 1 amide bonds. The molecule has 0 atom stereocenters. The Labute approximate surface area is 169 Å². The first-order chi connectivity index (χ1) is 13.3. The van der Waals surface area contributed by atoms with E-state index in [1.807, 2.05) is 0 Å². The molecule has 150 valence electrons. The van der Waals surface area contributed by atoms with E-state index in [1.54, 1.807) is 37.3 Å². The highest BCUT2D eigenvalue weighted by atomic mass is 35.5. The van der Waals surface area contributed by atoms with Crippen LogP contribution >= 0.6 is 11.6 Å². The summed E-state index contributed by atoms with van der Waals surface area (Å²) in [4.78, 5) is 12.4. The molecule has 1 N–H and O–H groups in total. The Morgan fingerprint density at radius 1 is 1.14 bits per heavy atom. The van der Waals surface area contributed by atoms with Crippen molar-refractivity contribution in [2.75, 3.05) is 25.0 Å². The second-order valence-corrected chi connectivity index (χ2v) is 9.03. The molecule has 2 aromatic carbocycles. The van der Waals surface area contributed by atoms with Crippen LogP contribution in [0, 0.1) is 12.7 Å². The van der Waals surface area contributed by atoms with Crippen molar-refractivity contribution in [2.24, 2.45) is 0 Å². The van der Waals surface area contributed by atoms with Crippen LogP contribution in [0.15, 0.2) is 42.5 Å². The smallest absolute Gasteiger partial charge is 0.282 e. The van der Waals surface area contributed by atoms with E-state index >= 15 is 0 Å². The van der Waals surface area contributed by atoms with Crippen molar-refractivity contribution in [1.29, 1.82) is 0 Å². The molecule has 1 saturated heterocycles. The molecule has 1 fully saturated rings. The molecule has 28 heavy (non-hydrogen) atoms. The van der Waals surface area contributed by atoms with Gasteiger partial charge in [-0.05, 0) is 48.7 Å². The zero-order chi connectivity index (χ0) is 20.3. The molecule has 0 aromatic heterocycles. The number of carbonyl (C=O) groups excluding carboxylic acids is 1. The zero-order valence-electron chi connectivity index (χ0n) is 15.4. The van der Waals surface area contributed by atoms with Crippen molar-refractivity contribution < 1.29 is 17.6 Å². The SMILES string of the molecule is Cc1ccc(F)cc1NC(=O)CN1CCCN(Cc2ccc(Cl)cc2)S1(=O)=O. The second kappa shape index (κ2) is 8.57. The van der Waals surface area contributed by atoms with Gasteiger partial charge in [0.05, 0.1) is 6.54 Å². The van der Waals surface area contributed by atoms with Gasteiger partial charge in [0.2, 0.25) is 5.91 Å². The summed E-state index contributed by atoms with van der Waals surface area (Å²) in [6, 6.07) is 11.0. The number of hydrogen-bond donors (Lipinski definition) is 1. The van der Waals surface area contributed by atoms with E-state index < -0.39 is 21.9 Å². The maximum Gasteiger partial charge on any atom is 0.282 e. The number of nitrogens with zero attached hydrogens (tertiary/aromatic N) is 2. The van der Waals surface area contributed by atoms with E-state index in [9.17, 15) is 17.6 Å². The fourth-order valence-corrected chi connectivity index (χ4v) is 4.78. The van der Waals surface area contributed by atoms with Crippen molar-refractivity contribution in [3.05, 3.63) is 64.4 Å². The fourth-order valence-electron chi connectivity index (χ4n) is 3.01. The van der Waals surface area contributed by atoms with Crippen molar-refractivity contribution in [3.8, 4) is 0 Å². The summed E-state index contributed by atoms with van der Waals surface area (Å²) in [5.41, 5.74) is 1.84. The third-order valence-electron chi connectivity index (χ3n) is 4.53. The van der Waals surface area contributed by atoms with Gasteiger partial charge in [0.15, 0.2) is 0 Å². The van der Waals surface area contributed by atoms with E-state index in [4.69, 9.17) is 11.6 Å². The molecule has 2 aromatic rings. The summed E-state index contributed by atoms with van der Waals surface area (Å²) in [7, 11) is -3.78. The highest BCUT2D eigenvalue weighted by molar-refractivity contribution is 7.86. The van der Waals surface area contributed by atoms with Crippen LogP contribution < -0.4 is 5.32 Å². The third-order valence-corrected chi connectivity index (χ3v) is 6.71. The molecule has 0 spiro atoms. The number of benzene rings is 2. The van der Waals surface area contributed by atoms with E-state index in [1.165, 1.54) is 16.4 Å². The standard InChI is InChI=1S/C19H21ClFN3O3S/c1-14-3-8-17(21)11-18(14)22-19(25)13-24-10-2-9-23(28(24,26)27)12-15-4-6-16(20)7-5-15/h3-8,11H,2,9-10,12-13H2,1H3,(H,22,25). The molecular weight excluding hydrogens is 405 g/mol. The molecular formula is C19H21ClFN3O3S. The highest BCUT2D eigenvalue weighted by Crippen LogP contribution is 2.21. The quantitative estimate of drug-likeness (QED) is 0.799. The van der Waals surface area contributed by atoms with Gasteiger partial charge in [-0.15, -0.1) is 0 Å². The topological polar surface area (TPSA) is 69.7 Å². The summed E-state index contributed by atoms with van der Waals surface area (Å²) in [5.74, 6) is -0.980. The first-order valence-electron chi connectivity index (χ1n) is 8.81. The summed E-state index contributed by atoms with van der Waals surface area (Å²) < 4.78 is 41.6. The average molecular weight is 426 g/mol. The molecule has 0 saturated carbocycles. The number of halogens is 2. The van der Waals surface area contributed by atoms with Gasteiger partial charge in [-0.1, -0.05) is 29.8 Å². The van der Waals surface area contributed by atoms with Crippen LogP contribution in [0.4, 0.5) is 10.1 Å². The van der Waals surface area contributed by atoms with Gasteiger partial charge in [-0.2, -0.15) is 17.0 Å². The van der Waals surface area contributed by atoms with Crippen molar-refractivity contribution >= 4 is 33.4 Å². The van der Waals surface area contributed by atoms with E-state index in [2.05, 4.69) is 5.32 Å². The number of amides is 1. The fraction of sp³-hybridized carbons (Fsp3) is 0.316. The van der Waals surface area contributed by atoms with Gasteiger partial charge >= 0.3 is 0 Å². The Morgan fingerprint density at radius 2 is 1.82 bits per heavy atom. The average Bonchev–Trinajstić information content (AvgIpc) is 2.63. The van der Waals surface area contributed by atoms with Crippen LogP contribution in [0.5, 0.6) is 0 Å². The van der Waals surface area contributed by atoms with Gasteiger partial charge in [0.1, 0.15) is 5.82 Å². The monoisotopic (exact) mass is 425 g/mol. The molecule has 9 heteroatoms. The lowest BCUT2D eigenvalue weighted by molar-refractivity contribution is -0.116. The Bertz CT molecular complexity index is 967. The predicted octanol–water partition coefficient (Wildman–Crippen LogP) is 3.18. The van der Waals surface area contributed by atoms with Crippen molar-refractivity contribution in [2.45, 2.75) is 19.9 Å². The van der Waals surface area contributed by atoms with E-state index in [-0.39, 0.29) is 19.6 Å². The molecule has 0 unspecified atom stereocenters. The van der Waals surface area contributed by atoms with Crippen LogP contribution in [0.2, 0.25) is 5.02 Å². The molecule has 0 radical (unpaired) electrons. The van der Waals surface area contributed by atoms with Gasteiger partial charge in [0.25, 0.3) is 10.2 Å². The predicted molar refractivity (Wildman–Crippen MR) is 107 cm³/mol. The van der Waals surface area contributed by atoms with E-state index in [0.717, 1.165) is 9.87 Å². The number of carbonyl (C=O) groups is 1. The number of rotatable bonds is 5. The Balaban J connectivity index is 1.68. The minimum atomic E-state index is -3.78. The van der Waals surface area contributed by atoms with Gasteiger partial charge in [-0.25, -0.2) is 4.39 Å². The van der Waals surface area contributed by atoms with Gasteiger partial charge in [0, 0.05) is 30.3 Å². The maximum absolute atomic E-state index is 13.4. The van der Waals surface area contributed by atoms with Gasteiger partial charge < -0.3 is 5.32 Å². The number of anilines is 1. The minimum Gasteiger partial charge on any atom is -0.325 e. The summed E-state index contributed by atoms with van der Waals surface area (Å²) in [6.07, 6.45) is 0.610. The normalized spacial score (nSPS) is 17.4. The molecule has 1 aliphatic rings. The molecule has 0 bridgehead atoms. The number of aryl methyl sites for hydroxylation is 1. The van der Waals surface area contributed by atoms with Crippen LogP contribution in [-0.4, -0.2) is 42.6 Å². The lowest BCUT2D eigenvalue weighted by Gasteiger charge is -2.34. The van der Waals surface area contributed by atoms with Crippen LogP contribution in [0.1, 0.15) is 17.5 Å². The number of nitrogens with one attached hydrogen (secondary N) is 1. The Morgan fingerprint density at radius 3 is 2.54 bits per heavy atom. The maximum atomic E-state index is 13.4. The highest BCUT2D eigenvalue weighted by Gasteiger charge is 2.34. The molecule has 1 aliphatic heterocycles. The van der Waals surface area contributed by atoms with E-state index in [0.29, 0.717) is 29.2 Å². The van der Waals surface area contributed by atoms with Crippen LogP contribution in [-0.2, 0) is 21.5 Å². The Kier molecular flexibility index (Phi) is 6.34. The van der Waals surface area contributed by atoms with Crippen LogP contribution in [0.25, 0.3) is 0 Å². The first-order valence-corrected chi connectivity index (χ1v) is 10.6. The molecule has 0 aliphatic carbocycles. The van der Waals surface area contributed by atoms with Crippen molar-refractivity contribution in [1.82, 2.24) is 8.61 Å². The summed E-state index contributed by atoms with van der Waals surface area (Å²) >= 11 is 5.87.